The fourth-order valence-electron chi connectivity index (χ4n) is 1.85. The molecule has 2 rings (SSSR count). The van der Waals surface area contributed by atoms with Crippen molar-refractivity contribution >= 4 is 50.7 Å². The van der Waals surface area contributed by atoms with E-state index in [1.807, 2.05) is 0 Å². The van der Waals surface area contributed by atoms with Gasteiger partial charge in [0, 0.05) is 13.0 Å². The van der Waals surface area contributed by atoms with Crippen molar-refractivity contribution in [3.05, 3.63) is 22.2 Å². The molecule has 1 fully saturated rings. The van der Waals surface area contributed by atoms with Crippen LogP contribution < -0.4 is 10.6 Å². The molecule has 0 saturated carbocycles. The van der Waals surface area contributed by atoms with E-state index in [9.17, 15) is 17.1 Å². The van der Waals surface area contributed by atoms with Gasteiger partial charge in [-0.1, -0.05) is 23.2 Å². The highest BCUT2D eigenvalue weighted by Gasteiger charge is 2.39. The molecule has 1 heterocycles. The van der Waals surface area contributed by atoms with E-state index in [2.05, 4.69) is 0 Å². The highest BCUT2D eigenvalue weighted by molar-refractivity contribution is 7.87. The summed E-state index contributed by atoms with van der Waals surface area (Å²) in [4.78, 5) is 12.8. The molecule has 1 aromatic rings. The first-order valence-corrected chi connectivity index (χ1v) is 7.38. The zero-order valence-electron chi connectivity index (χ0n) is 9.44. The van der Waals surface area contributed by atoms with Crippen LogP contribution in [0.5, 0.6) is 0 Å². The number of amides is 1. The van der Waals surface area contributed by atoms with Crippen LogP contribution >= 0.6 is 23.2 Å². The number of benzene rings is 1. The van der Waals surface area contributed by atoms with E-state index in [0.29, 0.717) is 0 Å². The standard InChI is InChI=1S/C10H9Cl2FN2O3S/c11-6-3-9(7(12)2-8(6)14)15-4-5(1-10(15)16)19(13,17)18/h2-3,5H,1,4,14H2. The van der Waals surface area contributed by atoms with E-state index >= 15 is 0 Å². The third-order valence-corrected chi connectivity index (χ3v) is 4.59. The van der Waals surface area contributed by atoms with Gasteiger partial charge in [-0.3, -0.25) is 4.79 Å². The fraction of sp³-hybridized carbons (Fsp3) is 0.300. The molecule has 1 atom stereocenters. The van der Waals surface area contributed by atoms with Crippen molar-refractivity contribution in [3.63, 3.8) is 0 Å². The molecular formula is C10H9Cl2FN2O3S. The van der Waals surface area contributed by atoms with Crippen molar-refractivity contribution in [2.45, 2.75) is 11.7 Å². The molecule has 1 aromatic carbocycles. The molecule has 0 aliphatic carbocycles. The average Bonchev–Trinajstić information content (AvgIpc) is 2.65. The van der Waals surface area contributed by atoms with Gasteiger partial charge in [-0.25, -0.2) is 0 Å². The van der Waals surface area contributed by atoms with E-state index in [0.717, 1.165) is 4.90 Å². The number of hydrogen-bond donors (Lipinski definition) is 1. The van der Waals surface area contributed by atoms with Gasteiger partial charge in [-0.2, -0.15) is 8.42 Å². The summed E-state index contributed by atoms with van der Waals surface area (Å²) in [6.45, 7) is -0.294. The van der Waals surface area contributed by atoms with Gasteiger partial charge in [0.1, 0.15) is 5.25 Å². The van der Waals surface area contributed by atoms with Crippen LogP contribution in [0.1, 0.15) is 6.42 Å². The van der Waals surface area contributed by atoms with Gasteiger partial charge in [-0.05, 0) is 12.1 Å². The van der Waals surface area contributed by atoms with Gasteiger partial charge in [0.15, 0.2) is 0 Å². The smallest absolute Gasteiger partial charge is 0.307 e. The van der Waals surface area contributed by atoms with Crippen molar-refractivity contribution in [2.24, 2.45) is 0 Å². The minimum Gasteiger partial charge on any atom is -0.397 e. The number of anilines is 2. The number of halogens is 3. The predicted molar refractivity (Wildman–Crippen MR) is 71.7 cm³/mol. The number of rotatable bonds is 2. The Morgan fingerprint density at radius 1 is 1.32 bits per heavy atom. The van der Waals surface area contributed by atoms with Crippen LogP contribution in [0.4, 0.5) is 15.3 Å². The van der Waals surface area contributed by atoms with Gasteiger partial charge in [0.05, 0.1) is 21.4 Å². The molecule has 1 unspecified atom stereocenters. The van der Waals surface area contributed by atoms with Gasteiger partial charge < -0.3 is 10.6 Å². The molecule has 104 valence electrons. The molecule has 19 heavy (non-hydrogen) atoms. The van der Waals surface area contributed by atoms with Gasteiger partial charge >= 0.3 is 10.2 Å². The quantitative estimate of drug-likeness (QED) is 0.665. The van der Waals surface area contributed by atoms with Crippen molar-refractivity contribution in [3.8, 4) is 0 Å². The molecule has 0 aromatic heterocycles. The van der Waals surface area contributed by atoms with Crippen molar-refractivity contribution in [1.82, 2.24) is 0 Å². The van der Waals surface area contributed by atoms with Gasteiger partial charge in [0.2, 0.25) is 5.91 Å². The summed E-state index contributed by atoms with van der Waals surface area (Å²) in [6, 6.07) is 2.70. The van der Waals surface area contributed by atoms with Crippen molar-refractivity contribution < 1.29 is 17.1 Å². The van der Waals surface area contributed by atoms with Gasteiger partial charge in [-0.15, -0.1) is 3.89 Å². The number of nitrogens with zero attached hydrogens (tertiary/aromatic N) is 1. The van der Waals surface area contributed by atoms with Crippen LogP contribution in [0, 0.1) is 0 Å². The number of nitrogen functional groups attached to an aromatic ring is 1. The summed E-state index contributed by atoms with van der Waals surface area (Å²) in [5.74, 6) is -0.533. The van der Waals surface area contributed by atoms with Gasteiger partial charge in [0.25, 0.3) is 0 Å². The minimum atomic E-state index is -4.77. The first-order chi connectivity index (χ1) is 8.70. The Bertz CT molecular complexity index is 650. The average molecular weight is 327 g/mol. The largest absolute Gasteiger partial charge is 0.397 e. The Balaban J connectivity index is 2.39. The maximum atomic E-state index is 12.9. The second-order valence-corrected chi connectivity index (χ2v) is 6.56. The lowest BCUT2D eigenvalue weighted by Gasteiger charge is -2.18. The van der Waals surface area contributed by atoms with Crippen LogP contribution in [0.15, 0.2) is 12.1 Å². The maximum absolute atomic E-state index is 12.9. The van der Waals surface area contributed by atoms with Crippen molar-refractivity contribution in [2.75, 3.05) is 17.2 Å². The van der Waals surface area contributed by atoms with E-state index in [1.165, 1.54) is 12.1 Å². The lowest BCUT2D eigenvalue weighted by Crippen LogP contribution is -2.27. The summed E-state index contributed by atoms with van der Waals surface area (Å²) in [6.07, 6.45) is -0.419. The van der Waals surface area contributed by atoms with Crippen LogP contribution in [0.2, 0.25) is 10.0 Å². The molecule has 1 aliphatic rings. The molecule has 0 radical (unpaired) electrons. The zero-order chi connectivity index (χ0) is 14.4. The summed E-state index contributed by atoms with van der Waals surface area (Å²) in [5.41, 5.74) is 6.00. The first-order valence-electron chi connectivity index (χ1n) is 5.18. The lowest BCUT2D eigenvalue weighted by molar-refractivity contribution is -0.117. The van der Waals surface area contributed by atoms with Crippen LogP contribution in [0.3, 0.4) is 0 Å². The molecule has 0 bridgehead atoms. The molecule has 5 nitrogen and oxygen atoms in total. The minimum absolute atomic E-state index is 0.146. The summed E-state index contributed by atoms with van der Waals surface area (Å²) in [7, 11) is -4.77. The molecule has 1 amide bonds. The van der Waals surface area contributed by atoms with E-state index in [4.69, 9.17) is 28.9 Å². The summed E-state index contributed by atoms with van der Waals surface area (Å²) < 4.78 is 34.6. The normalized spacial score (nSPS) is 20.1. The molecule has 1 saturated heterocycles. The highest BCUT2D eigenvalue weighted by atomic mass is 35.5. The number of carbonyl (C=O) groups excluding carboxylic acids is 1. The van der Waals surface area contributed by atoms with E-state index < -0.39 is 27.8 Å². The van der Waals surface area contributed by atoms with Crippen LogP contribution in [-0.4, -0.2) is 26.1 Å². The van der Waals surface area contributed by atoms with Crippen molar-refractivity contribution in [1.29, 1.82) is 0 Å². The Labute approximate surface area is 119 Å². The lowest BCUT2D eigenvalue weighted by atomic mass is 10.2. The van der Waals surface area contributed by atoms with Crippen LogP contribution in [0.25, 0.3) is 0 Å². The second-order valence-electron chi connectivity index (χ2n) is 4.13. The molecule has 0 spiro atoms. The Morgan fingerprint density at radius 3 is 2.47 bits per heavy atom. The number of nitrogens with two attached hydrogens (primary N) is 1. The van der Waals surface area contributed by atoms with E-state index in [1.54, 1.807) is 0 Å². The van der Waals surface area contributed by atoms with E-state index in [-0.39, 0.29) is 28.0 Å². The number of carbonyl (C=O) groups is 1. The fourth-order valence-corrected chi connectivity index (χ4v) is 2.96. The Morgan fingerprint density at radius 2 is 1.95 bits per heavy atom. The molecular weight excluding hydrogens is 318 g/mol. The number of hydrogen-bond acceptors (Lipinski definition) is 4. The molecule has 2 N–H and O–H groups in total. The predicted octanol–water partition coefficient (Wildman–Crippen LogP) is 1.98. The van der Waals surface area contributed by atoms with Crippen LogP contribution in [-0.2, 0) is 15.0 Å². The molecule has 1 aliphatic heterocycles. The monoisotopic (exact) mass is 326 g/mol. The summed E-state index contributed by atoms with van der Waals surface area (Å²) >= 11 is 11.8. The Kier molecular flexibility index (Phi) is 3.63. The first kappa shape index (κ1) is 14.4. The Hall–Kier alpha value is -1.05. The third kappa shape index (κ3) is 2.77. The summed E-state index contributed by atoms with van der Waals surface area (Å²) in [5, 5.41) is -1.06. The SMILES string of the molecule is Nc1cc(Cl)c(N2CC(S(=O)(=O)F)CC2=O)cc1Cl. The molecule has 9 heteroatoms. The maximum Gasteiger partial charge on any atom is 0.307 e. The second kappa shape index (κ2) is 4.81. The zero-order valence-corrected chi connectivity index (χ0v) is 11.8. The highest BCUT2D eigenvalue weighted by Crippen LogP contribution is 2.36. The third-order valence-electron chi connectivity index (χ3n) is 2.84. The topological polar surface area (TPSA) is 80.5 Å².